The largest absolute Gasteiger partial charge is 0.446 e. The molecule has 27 heavy (non-hydrogen) atoms. The van der Waals surface area contributed by atoms with Gasteiger partial charge in [0.25, 0.3) is 0 Å². The highest BCUT2D eigenvalue weighted by atomic mass is 32.2. The molecule has 3 heterocycles. The quantitative estimate of drug-likeness (QED) is 0.607. The van der Waals surface area contributed by atoms with E-state index in [1.165, 1.54) is 11.8 Å². The summed E-state index contributed by atoms with van der Waals surface area (Å²) >= 11 is 3.01. The molecule has 1 aromatic carbocycles. The van der Waals surface area contributed by atoms with Crippen molar-refractivity contribution in [2.45, 2.75) is 31.7 Å². The molecule has 1 atom stereocenters. The van der Waals surface area contributed by atoms with Crippen molar-refractivity contribution < 1.29 is 9.53 Å². The lowest BCUT2D eigenvalue weighted by atomic mass is 10.1. The van der Waals surface area contributed by atoms with E-state index in [0.29, 0.717) is 23.2 Å². The van der Waals surface area contributed by atoms with Crippen LogP contribution in [0.3, 0.4) is 0 Å². The van der Waals surface area contributed by atoms with Crippen LogP contribution in [0.1, 0.15) is 29.3 Å². The second-order valence-electron chi connectivity index (χ2n) is 6.01. The van der Waals surface area contributed by atoms with E-state index in [4.69, 9.17) is 4.74 Å². The molecule has 0 bridgehead atoms. The van der Waals surface area contributed by atoms with Gasteiger partial charge < -0.3 is 4.74 Å². The molecular formula is C19H18N4O2S2. The van der Waals surface area contributed by atoms with E-state index in [-0.39, 0.29) is 5.91 Å². The minimum absolute atomic E-state index is 0.0237. The van der Waals surface area contributed by atoms with Crippen LogP contribution < -0.4 is 9.64 Å². The lowest BCUT2D eigenvalue weighted by Gasteiger charge is -2.29. The van der Waals surface area contributed by atoms with E-state index in [1.54, 1.807) is 16.2 Å². The number of aromatic nitrogens is 3. The Balaban J connectivity index is 1.97. The van der Waals surface area contributed by atoms with Gasteiger partial charge in [-0.2, -0.15) is 4.98 Å². The van der Waals surface area contributed by atoms with Crippen LogP contribution in [0, 0.1) is 6.92 Å². The monoisotopic (exact) mass is 398 g/mol. The van der Waals surface area contributed by atoms with E-state index in [0.717, 1.165) is 21.0 Å². The maximum absolute atomic E-state index is 12.9. The fourth-order valence-electron chi connectivity index (χ4n) is 3.01. The zero-order valence-corrected chi connectivity index (χ0v) is 16.8. The van der Waals surface area contributed by atoms with Crippen molar-refractivity contribution >= 4 is 34.7 Å². The molecule has 1 aliphatic heterocycles. The molecular weight excluding hydrogens is 380 g/mol. The average molecular weight is 399 g/mol. The summed E-state index contributed by atoms with van der Waals surface area (Å²) in [5.74, 6) is 0.369. The van der Waals surface area contributed by atoms with Crippen LogP contribution in [-0.4, -0.2) is 27.3 Å². The molecule has 6 nitrogen and oxygen atoms in total. The Labute approximate surface area is 165 Å². The van der Waals surface area contributed by atoms with Crippen LogP contribution in [-0.2, 0) is 4.79 Å². The molecule has 4 rings (SSSR count). The van der Waals surface area contributed by atoms with Gasteiger partial charge in [-0.05, 0) is 31.4 Å². The zero-order chi connectivity index (χ0) is 19.0. The summed E-state index contributed by atoms with van der Waals surface area (Å²) in [7, 11) is 0. The minimum atomic E-state index is -0.593. The molecule has 138 valence electrons. The van der Waals surface area contributed by atoms with E-state index in [9.17, 15) is 4.79 Å². The number of thiophene rings is 1. The molecule has 2 aromatic heterocycles. The number of para-hydroxylation sites is 1. The average Bonchev–Trinajstić information content (AvgIpc) is 3.07. The maximum Gasteiger partial charge on any atom is 0.247 e. The summed E-state index contributed by atoms with van der Waals surface area (Å²) in [5, 5.41) is 9.05. The summed E-state index contributed by atoms with van der Waals surface area (Å²) in [5.41, 5.74) is 2.10. The molecule has 0 saturated heterocycles. The lowest BCUT2D eigenvalue weighted by molar-refractivity contribution is -0.120. The third kappa shape index (κ3) is 3.19. The molecule has 0 radical (unpaired) electrons. The number of ether oxygens (including phenoxy) is 1. The van der Waals surface area contributed by atoms with Crippen LogP contribution in [0.2, 0.25) is 0 Å². The van der Waals surface area contributed by atoms with Crippen molar-refractivity contribution in [3.63, 3.8) is 0 Å². The van der Waals surface area contributed by atoms with Crippen LogP contribution in [0.5, 0.6) is 5.88 Å². The number of carbonyl (C=O) groups excluding carboxylic acids is 1. The van der Waals surface area contributed by atoms with Gasteiger partial charge in [0.1, 0.15) is 0 Å². The Morgan fingerprint density at radius 3 is 2.78 bits per heavy atom. The fraction of sp³-hybridized carbons (Fsp3) is 0.263. The van der Waals surface area contributed by atoms with Crippen molar-refractivity contribution in [3.05, 3.63) is 46.2 Å². The van der Waals surface area contributed by atoms with Crippen molar-refractivity contribution in [1.29, 1.82) is 0 Å². The maximum atomic E-state index is 12.9. The van der Waals surface area contributed by atoms with E-state index >= 15 is 0 Å². The smallest absolute Gasteiger partial charge is 0.247 e. The van der Waals surface area contributed by atoms with Crippen LogP contribution >= 0.6 is 23.1 Å². The first-order chi connectivity index (χ1) is 13.1. The van der Waals surface area contributed by atoms with Gasteiger partial charge in [0.05, 0.1) is 10.6 Å². The fourth-order valence-corrected chi connectivity index (χ4v) is 4.21. The first-order valence-corrected chi connectivity index (χ1v) is 10.6. The SMILES string of the molecule is CCC(=O)N1c2ccccc2-c2nnc(SC)nc2O[C@H]1c1ccc(C)s1. The highest BCUT2D eigenvalue weighted by Gasteiger charge is 2.35. The van der Waals surface area contributed by atoms with Crippen LogP contribution in [0.25, 0.3) is 11.3 Å². The van der Waals surface area contributed by atoms with Gasteiger partial charge in [0.2, 0.25) is 23.2 Å². The predicted molar refractivity (Wildman–Crippen MR) is 107 cm³/mol. The van der Waals surface area contributed by atoms with Crippen molar-refractivity contribution in [2.24, 2.45) is 0 Å². The number of thioether (sulfide) groups is 1. The van der Waals surface area contributed by atoms with E-state index in [1.807, 2.05) is 56.5 Å². The van der Waals surface area contributed by atoms with E-state index < -0.39 is 6.23 Å². The first kappa shape index (κ1) is 17.9. The van der Waals surface area contributed by atoms with Gasteiger partial charge in [-0.15, -0.1) is 21.5 Å². The summed E-state index contributed by atoms with van der Waals surface area (Å²) in [4.78, 5) is 21.3. The summed E-state index contributed by atoms with van der Waals surface area (Å²) in [6.07, 6.45) is 1.66. The summed E-state index contributed by atoms with van der Waals surface area (Å²) < 4.78 is 6.31. The van der Waals surface area contributed by atoms with Crippen molar-refractivity contribution in [1.82, 2.24) is 15.2 Å². The van der Waals surface area contributed by atoms with Gasteiger partial charge >= 0.3 is 0 Å². The third-order valence-corrected chi connectivity index (χ3v) is 5.84. The number of anilines is 1. The first-order valence-electron chi connectivity index (χ1n) is 8.55. The Kier molecular flexibility index (Phi) is 4.84. The van der Waals surface area contributed by atoms with Gasteiger partial charge in [-0.25, -0.2) is 0 Å². The number of benzene rings is 1. The predicted octanol–water partition coefficient (Wildman–Crippen LogP) is 4.46. The normalized spacial score (nSPS) is 15.5. The summed E-state index contributed by atoms with van der Waals surface area (Å²) in [6.45, 7) is 3.89. The number of carbonyl (C=O) groups is 1. The van der Waals surface area contributed by atoms with Crippen LogP contribution in [0.15, 0.2) is 41.6 Å². The highest BCUT2D eigenvalue weighted by molar-refractivity contribution is 7.98. The molecule has 8 heteroatoms. The molecule has 0 aliphatic carbocycles. The molecule has 0 saturated carbocycles. The van der Waals surface area contributed by atoms with Gasteiger partial charge in [-0.3, -0.25) is 9.69 Å². The summed E-state index contributed by atoms with van der Waals surface area (Å²) in [6, 6.07) is 11.7. The van der Waals surface area contributed by atoms with Crippen molar-refractivity contribution in [3.8, 4) is 17.1 Å². The second kappa shape index (κ2) is 7.28. The Morgan fingerprint density at radius 2 is 2.07 bits per heavy atom. The lowest BCUT2D eigenvalue weighted by Crippen LogP contribution is -2.36. The number of rotatable bonds is 3. The second-order valence-corrected chi connectivity index (χ2v) is 8.10. The highest BCUT2D eigenvalue weighted by Crippen LogP contribution is 2.44. The Morgan fingerprint density at radius 1 is 1.26 bits per heavy atom. The molecule has 0 N–H and O–H groups in total. The molecule has 0 spiro atoms. The third-order valence-electron chi connectivity index (χ3n) is 4.27. The molecule has 1 aliphatic rings. The number of aryl methyl sites for hydroxylation is 1. The standard InChI is InChI=1S/C19H18N4O2S2/c1-4-15(24)23-13-8-6-5-7-12(13)16-17(20-19(26-3)22-21-16)25-18(23)14-10-9-11(2)27-14/h5-10,18H,4H2,1-3H3/t18-/m0/s1. The molecule has 0 unspecified atom stereocenters. The van der Waals surface area contributed by atoms with Gasteiger partial charge in [0.15, 0.2) is 5.69 Å². The number of amides is 1. The van der Waals surface area contributed by atoms with E-state index in [2.05, 4.69) is 15.2 Å². The molecule has 3 aromatic rings. The Hall–Kier alpha value is -2.45. The van der Waals surface area contributed by atoms with Crippen molar-refractivity contribution in [2.75, 3.05) is 11.2 Å². The number of hydrogen-bond donors (Lipinski definition) is 0. The number of nitrogens with zero attached hydrogens (tertiary/aromatic N) is 4. The molecule has 0 fully saturated rings. The zero-order valence-electron chi connectivity index (χ0n) is 15.2. The van der Waals surface area contributed by atoms with Gasteiger partial charge in [0, 0.05) is 16.9 Å². The number of hydrogen-bond acceptors (Lipinski definition) is 7. The topological polar surface area (TPSA) is 68.2 Å². The van der Waals surface area contributed by atoms with Crippen LogP contribution in [0.4, 0.5) is 5.69 Å². The minimum Gasteiger partial charge on any atom is -0.446 e. The molecule has 1 amide bonds. The Bertz CT molecular complexity index is 1000. The van der Waals surface area contributed by atoms with Gasteiger partial charge in [-0.1, -0.05) is 36.9 Å². The number of fused-ring (bicyclic) bond motifs is 3.